The fourth-order valence-corrected chi connectivity index (χ4v) is 3.48. The van der Waals surface area contributed by atoms with E-state index in [0.717, 1.165) is 21.1 Å². The highest BCUT2D eigenvalue weighted by Crippen LogP contribution is 2.29. The molecule has 2 aromatic carbocycles. The van der Waals surface area contributed by atoms with E-state index >= 15 is 0 Å². The highest BCUT2D eigenvalue weighted by atomic mass is 32.1. The molecule has 0 radical (unpaired) electrons. The molecule has 2 N–H and O–H groups in total. The van der Waals surface area contributed by atoms with E-state index in [4.69, 9.17) is 17.0 Å². The van der Waals surface area contributed by atoms with Gasteiger partial charge in [0.25, 0.3) is 0 Å². The number of thiazole rings is 1. The van der Waals surface area contributed by atoms with Crippen molar-refractivity contribution in [2.75, 3.05) is 12.4 Å². The van der Waals surface area contributed by atoms with E-state index in [1.165, 1.54) is 5.56 Å². The van der Waals surface area contributed by atoms with Gasteiger partial charge in [-0.1, -0.05) is 41.7 Å². The van der Waals surface area contributed by atoms with Crippen LogP contribution in [0.1, 0.15) is 18.5 Å². The molecule has 0 spiro atoms. The Hall–Kier alpha value is -2.18. The van der Waals surface area contributed by atoms with E-state index in [1.807, 2.05) is 36.4 Å². The van der Waals surface area contributed by atoms with Crippen molar-refractivity contribution in [3.05, 3.63) is 54.1 Å². The Labute approximate surface area is 144 Å². The molecule has 0 saturated heterocycles. The molecule has 1 aromatic heterocycles. The van der Waals surface area contributed by atoms with Crippen molar-refractivity contribution in [2.24, 2.45) is 0 Å². The first kappa shape index (κ1) is 15.7. The summed E-state index contributed by atoms with van der Waals surface area (Å²) in [7, 11) is 1.66. The van der Waals surface area contributed by atoms with Gasteiger partial charge in [-0.3, -0.25) is 0 Å². The zero-order valence-electron chi connectivity index (χ0n) is 12.9. The van der Waals surface area contributed by atoms with Gasteiger partial charge in [-0.25, -0.2) is 4.98 Å². The van der Waals surface area contributed by atoms with Crippen molar-refractivity contribution in [1.29, 1.82) is 0 Å². The maximum absolute atomic E-state index is 5.39. The summed E-state index contributed by atoms with van der Waals surface area (Å²) in [6.07, 6.45) is 0. The van der Waals surface area contributed by atoms with E-state index in [0.29, 0.717) is 5.11 Å². The van der Waals surface area contributed by atoms with Crippen molar-refractivity contribution >= 4 is 44.0 Å². The molecule has 0 aliphatic rings. The lowest BCUT2D eigenvalue weighted by Gasteiger charge is -2.16. The second kappa shape index (κ2) is 6.93. The molecular formula is C17H17N3OS2. The van der Waals surface area contributed by atoms with Gasteiger partial charge in [-0.15, -0.1) is 0 Å². The van der Waals surface area contributed by atoms with E-state index < -0.39 is 0 Å². The van der Waals surface area contributed by atoms with Gasteiger partial charge >= 0.3 is 0 Å². The highest BCUT2D eigenvalue weighted by Gasteiger charge is 2.09. The molecule has 1 heterocycles. The monoisotopic (exact) mass is 343 g/mol. The second-order valence-electron chi connectivity index (χ2n) is 5.08. The summed E-state index contributed by atoms with van der Waals surface area (Å²) < 4.78 is 6.30. The number of hydrogen-bond acceptors (Lipinski definition) is 4. The van der Waals surface area contributed by atoms with Crippen LogP contribution in [0.15, 0.2) is 48.5 Å². The van der Waals surface area contributed by atoms with Crippen LogP contribution in [0.25, 0.3) is 10.2 Å². The molecule has 3 aromatic rings. The number of benzene rings is 2. The van der Waals surface area contributed by atoms with Crippen LogP contribution in [0.4, 0.5) is 5.13 Å². The Balaban J connectivity index is 1.68. The molecule has 23 heavy (non-hydrogen) atoms. The van der Waals surface area contributed by atoms with Gasteiger partial charge in [0, 0.05) is 0 Å². The molecule has 4 nitrogen and oxygen atoms in total. The topological polar surface area (TPSA) is 46.2 Å². The Kier molecular flexibility index (Phi) is 4.73. The average molecular weight is 343 g/mol. The van der Waals surface area contributed by atoms with Crippen molar-refractivity contribution in [1.82, 2.24) is 10.3 Å². The second-order valence-corrected chi connectivity index (χ2v) is 6.52. The van der Waals surface area contributed by atoms with Gasteiger partial charge in [0.2, 0.25) is 0 Å². The van der Waals surface area contributed by atoms with Crippen LogP contribution in [0.3, 0.4) is 0 Å². The van der Waals surface area contributed by atoms with Crippen LogP contribution in [0, 0.1) is 0 Å². The maximum atomic E-state index is 5.39. The van der Waals surface area contributed by atoms with E-state index in [9.17, 15) is 0 Å². The van der Waals surface area contributed by atoms with Crippen molar-refractivity contribution < 1.29 is 4.74 Å². The normalized spacial score (nSPS) is 11.9. The quantitative estimate of drug-likeness (QED) is 0.690. The summed E-state index contributed by atoms with van der Waals surface area (Å²) in [6, 6.07) is 16.1. The minimum absolute atomic E-state index is 0.130. The first-order chi connectivity index (χ1) is 11.2. The molecule has 0 aliphatic heterocycles. The van der Waals surface area contributed by atoms with E-state index in [2.05, 4.69) is 34.7 Å². The van der Waals surface area contributed by atoms with Gasteiger partial charge in [0.1, 0.15) is 5.75 Å². The summed E-state index contributed by atoms with van der Waals surface area (Å²) in [5.41, 5.74) is 2.11. The molecule has 0 amide bonds. The Morgan fingerprint density at radius 3 is 2.74 bits per heavy atom. The maximum Gasteiger partial charge on any atom is 0.190 e. The number of rotatable bonds is 4. The number of thiocarbonyl (C=S) groups is 1. The molecule has 0 aliphatic carbocycles. The molecule has 3 rings (SSSR count). The third-order valence-electron chi connectivity index (χ3n) is 3.46. The lowest BCUT2D eigenvalue weighted by molar-refractivity contribution is 0.415. The molecule has 0 unspecified atom stereocenters. The molecule has 6 heteroatoms. The molecular weight excluding hydrogens is 326 g/mol. The Morgan fingerprint density at radius 1 is 1.22 bits per heavy atom. The highest BCUT2D eigenvalue weighted by molar-refractivity contribution is 7.80. The number of aromatic nitrogens is 1. The molecule has 0 bridgehead atoms. The fraction of sp³-hybridized carbons (Fsp3) is 0.176. The largest absolute Gasteiger partial charge is 0.497 e. The van der Waals surface area contributed by atoms with Gasteiger partial charge in [-0.2, -0.15) is 0 Å². The van der Waals surface area contributed by atoms with Gasteiger partial charge in [0.05, 0.1) is 23.4 Å². The first-order valence-corrected chi connectivity index (χ1v) is 8.45. The van der Waals surface area contributed by atoms with Crippen LogP contribution < -0.4 is 15.4 Å². The number of nitrogens with zero attached hydrogens (tertiary/aromatic N) is 1. The fourth-order valence-electron chi connectivity index (χ4n) is 2.24. The smallest absolute Gasteiger partial charge is 0.190 e. The molecule has 1 atom stereocenters. The number of anilines is 1. The van der Waals surface area contributed by atoms with Crippen LogP contribution >= 0.6 is 23.6 Å². The Bertz CT molecular complexity index is 817. The third-order valence-corrected chi connectivity index (χ3v) is 4.62. The van der Waals surface area contributed by atoms with Crippen molar-refractivity contribution in [2.45, 2.75) is 13.0 Å². The minimum atomic E-state index is 0.130. The van der Waals surface area contributed by atoms with Crippen molar-refractivity contribution in [3.63, 3.8) is 0 Å². The number of ether oxygens (including phenoxy) is 1. The Morgan fingerprint density at radius 2 is 2.00 bits per heavy atom. The van der Waals surface area contributed by atoms with Crippen molar-refractivity contribution in [3.8, 4) is 5.75 Å². The number of fused-ring (bicyclic) bond motifs is 1. The zero-order chi connectivity index (χ0) is 16.2. The number of nitrogens with one attached hydrogen (secondary N) is 2. The van der Waals surface area contributed by atoms with Crippen LogP contribution in [0.2, 0.25) is 0 Å². The van der Waals surface area contributed by atoms with Crippen LogP contribution in [-0.2, 0) is 0 Å². The average Bonchev–Trinajstić information content (AvgIpc) is 2.96. The van der Waals surface area contributed by atoms with Gasteiger partial charge in [-0.05, 0) is 42.9 Å². The lowest BCUT2D eigenvalue weighted by Crippen LogP contribution is -2.30. The summed E-state index contributed by atoms with van der Waals surface area (Å²) >= 11 is 6.93. The van der Waals surface area contributed by atoms with Crippen LogP contribution in [-0.4, -0.2) is 17.2 Å². The third kappa shape index (κ3) is 3.78. The van der Waals surface area contributed by atoms with Gasteiger partial charge < -0.3 is 15.4 Å². The predicted octanol–water partition coefficient (Wildman–Crippen LogP) is 4.35. The predicted molar refractivity (Wildman–Crippen MR) is 100 cm³/mol. The summed E-state index contributed by atoms with van der Waals surface area (Å²) in [4.78, 5) is 4.53. The molecule has 0 fully saturated rings. The summed E-state index contributed by atoms with van der Waals surface area (Å²) in [5, 5.41) is 7.76. The summed E-state index contributed by atoms with van der Waals surface area (Å²) in [5.74, 6) is 0.825. The minimum Gasteiger partial charge on any atom is -0.497 e. The van der Waals surface area contributed by atoms with Gasteiger partial charge in [0.15, 0.2) is 10.2 Å². The summed E-state index contributed by atoms with van der Waals surface area (Å²) in [6.45, 7) is 2.08. The lowest BCUT2D eigenvalue weighted by atomic mass is 10.1. The molecule has 118 valence electrons. The van der Waals surface area contributed by atoms with Crippen LogP contribution in [0.5, 0.6) is 5.75 Å². The standard InChI is InChI=1S/C17H17N3OS2/c1-11(12-6-4-3-5-7-12)18-16(22)20-17-19-14-9-8-13(21-2)10-15(14)23-17/h3-11H,1-2H3,(H2,18,19,20,22)/t11-/m0/s1. The van der Waals surface area contributed by atoms with E-state index in [1.54, 1.807) is 18.4 Å². The zero-order valence-corrected chi connectivity index (χ0v) is 14.5. The number of methoxy groups -OCH3 is 1. The number of hydrogen-bond donors (Lipinski definition) is 2. The first-order valence-electron chi connectivity index (χ1n) is 7.23. The SMILES string of the molecule is COc1ccc2nc(NC(=S)N[C@@H](C)c3ccccc3)sc2c1. The van der Waals surface area contributed by atoms with E-state index in [-0.39, 0.29) is 6.04 Å². The molecule has 0 saturated carbocycles.